The van der Waals surface area contributed by atoms with E-state index in [0.29, 0.717) is 38.5 Å². The highest BCUT2D eigenvalue weighted by molar-refractivity contribution is 7.47. The lowest BCUT2D eigenvalue weighted by Crippen LogP contribution is -2.70. The monoisotopic (exact) mass is 1610 g/mol. The first kappa shape index (κ1) is 102. The maximum Gasteiger partial charge on any atom is 0.472 e. The van der Waals surface area contributed by atoms with E-state index in [1.165, 1.54) is 135 Å². The molecule has 0 amide bonds. The molecule has 18 unspecified atom stereocenters. The molecule has 1 aliphatic carbocycles. The fourth-order valence-electron chi connectivity index (χ4n) is 14.1. The Morgan fingerprint density at radius 3 is 1.08 bits per heavy atom. The number of rotatable bonds is 69. The molecule has 0 bridgehead atoms. The lowest BCUT2D eigenvalue weighted by molar-refractivity contribution is -0.360. The standard InChI is InChI=1S/C85H153O25P/c1-5-9-13-17-21-25-29-33-37-41-45-49-53-57-68(87)101-62-65(104-70(89)59-55-51-47-43-39-35-31-27-23-19-15-11-7-3)63-103-111(99,100)110-83-81(108-84-78(97)74(93)72(91)66(61-86)105-84)77(96)76(95)80(107-71(90)60-56-52-48-44-40-36-32-28-24-20-16-12-8-4)82(83)109-85-79(98)75(94)73(92)67(106-85)64-102-69(88)58-54-50-46-42-38-34-30-26-22-18-14-10-6-2/h33-34,36-38,40,65-67,72-86,91-98H,5-32,35,39,41-64H2,1-4H3,(H,99,100)/b37-33-,38-34-,40-36-. The highest BCUT2D eigenvalue weighted by atomic mass is 31.2. The number of carbonyl (C=O) groups is 4. The summed E-state index contributed by atoms with van der Waals surface area (Å²) in [6.45, 7) is 5.48. The molecule has 0 aromatic carbocycles. The number of unbranched alkanes of at least 4 members (excludes halogenated alkanes) is 39. The quantitative estimate of drug-likeness (QED) is 0.00889. The summed E-state index contributed by atoms with van der Waals surface area (Å²) in [6, 6.07) is 0. The second kappa shape index (κ2) is 64.7. The minimum absolute atomic E-state index is 0.00901. The van der Waals surface area contributed by atoms with Crippen molar-refractivity contribution < 1.29 is 122 Å². The Labute approximate surface area is 666 Å². The summed E-state index contributed by atoms with van der Waals surface area (Å²) in [4.78, 5) is 66.1. The Hall–Kier alpha value is -3.31. The van der Waals surface area contributed by atoms with E-state index in [2.05, 4.69) is 64.2 Å². The van der Waals surface area contributed by atoms with E-state index in [1.54, 1.807) is 0 Å². The van der Waals surface area contributed by atoms with Crippen LogP contribution in [-0.4, -0.2) is 205 Å². The number of hydrogen-bond acceptors (Lipinski definition) is 24. The first-order valence-corrected chi connectivity index (χ1v) is 45.2. The average molecular weight is 1610 g/mol. The Bertz CT molecular complexity index is 2470. The van der Waals surface area contributed by atoms with E-state index in [4.69, 9.17) is 46.9 Å². The van der Waals surface area contributed by atoms with Crippen molar-refractivity contribution in [3.05, 3.63) is 36.5 Å². The minimum atomic E-state index is -5.81. The number of carbonyl (C=O) groups excluding carboxylic acids is 4. The molecule has 26 heteroatoms. The fourth-order valence-corrected chi connectivity index (χ4v) is 15.0. The van der Waals surface area contributed by atoms with Crippen LogP contribution in [0.2, 0.25) is 0 Å². The van der Waals surface area contributed by atoms with Crippen LogP contribution in [0.4, 0.5) is 0 Å². The van der Waals surface area contributed by atoms with Crippen LogP contribution >= 0.6 is 7.82 Å². The van der Waals surface area contributed by atoms with E-state index < -0.39 is 162 Å². The smallest absolute Gasteiger partial charge is 0.463 e. The van der Waals surface area contributed by atoms with Crippen molar-refractivity contribution in [2.45, 2.75) is 453 Å². The first-order chi connectivity index (χ1) is 53.7. The zero-order valence-corrected chi connectivity index (χ0v) is 69.4. The van der Waals surface area contributed by atoms with Gasteiger partial charge in [0.2, 0.25) is 0 Å². The summed E-state index contributed by atoms with van der Waals surface area (Å²) in [5, 5.41) is 102. The lowest BCUT2D eigenvalue weighted by atomic mass is 9.84. The molecular formula is C85H153O25P. The molecule has 3 rings (SSSR count). The minimum Gasteiger partial charge on any atom is -0.463 e. The average Bonchev–Trinajstić information content (AvgIpc) is 0.754. The van der Waals surface area contributed by atoms with Gasteiger partial charge in [0.25, 0.3) is 0 Å². The predicted molar refractivity (Wildman–Crippen MR) is 426 cm³/mol. The molecule has 18 atom stereocenters. The Morgan fingerprint density at radius 1 is 0.351 bits per heavy atom. The first-order valence-electron chi connectivity index (χ1n) is 43.7. The number of hydrogen-bond donors (Lipinski definition) is 10. The summed E-state index contributed by atoms with van der Waals surface area (Å²) in [7, 11) is -5.81. The maximum atomic E-state index is 14.8. The summed E-state index contributed by atoms with van der Waals surface area (Å²) in [6.07, 6.45) is 23.4. The number of aliphatic hydroxyl groups excluding tert-OH is 9. The van der Waals surface area contributed by atoms with Crippen LogP contribution in [-0.2, 0) is 70.7 Å². The fraction of sp³-hybridized carbons (Fsp3) is 0.882. The van der Waals surface area contributed by atoms with Crippen molar-refractivity contribution in [3.8, 4) is 0 Å². The van der Waals surface area contributed by atoms with E-state index in [1.807, 2.05) is 0 Å². The van der Waals surface area contributed by atoms with Crippen molar-refractivity contribution >= 4 is 31.7 Å². The van der Waals surface area contributed by atoms with Crippen molar-refractivity contribution in [1.82, 2.24) is 0 Å². The summed E-state index contributed by atoms with van der Waals surface area (Å²) in [5.74, 6) is -3.03. The van der Waals surface area contributed by atoms with Gasteiger partial charge in [-0.3, -0.25) is 28.2 Å². The van der Waals surface area contributed by atoms with Gasteiger partial charge in [-0.15, -0.1) is 0 Å². The third-order valence-corrected chi connectivity index (χ3v) is 22.1. The number of phosphoric acid groups is 1. The molecule has 3 fully saturated rings. The number of allylic oxidation sites excluding steroid dienone is 6. The van der Waals surface area contributed by atoms with Gasteiger partial charge in [-0.25, -0.2) is 4.57 Å². The van der Waals surface area contributed by atoms with Gasteiger partial charge in [0, 0.05) is 25.7 Å². The second-order valence-electron chi connectivity index (χ2n) is 31.0. The van der Waals surface area contributed by atoms with Gasteiger partial charge in [0.15, 0.2) is 24.8 Å². The molecule has 648 valence electrons. The van der Waals surface area contributed by atoms with Crippen molar-refractivity contribution in [3.63, 3.8) is 0 Å². The second-order valence-corrected chi connectivity index (χ2v) is 32.4. The zero-order valence-electron chi connectivity index (χ0n) is 68.5. The third kappa shape index (κ3) is 45.9. The van der Waals surface area contributed by atoms with Crippen LogP contribution in [0, 0.1) is 0 Å². The molecule has 0 spiro atoms. The largest absolute Gasteiger partial charge is 0.472 e. The van der Waals surface area contributed by atoms with Gasteiger partial charge in [0.1, 0.15) is 92.6 Å². The third-order valence-electron chi connectivity index (χ3n) is 21.1. The van der Waals surface area contributed by atoms with Crippen LogP contribution < -0.4 is 0 Å². The summed E-state index contributed by atoms with van der Waals surface area (Å²) < 4.78 is 73.1. The van der Waals surface area contributed by atoms with Crippen LogP contribution in [0.1, 0.15) is 349 Å². The van der Waals surface area contributed by atoms with Gasteiger partial charge in [0.05, 0.1) is 13.2 Å². The molecule has 3 aliphatic rings. The lowest BCUT2D eigenvalue weighted by Gasteiger charge is -2.50. The molecular weight excluding hydrogens is 1450 g/mol. The van der Waals surface area contributed by atoms with Gasteiger partial charge >= 0.3 is 31.7 Å². The number of phosphoric ester groups is 1. The van der Waals surface area contributed by atoms with Gasteiger partial charge in [-0.1, -0.05) is 257 Å². The molecule has 0 aromatic heterocycles. The van der Waals surface area contributed by atoms with Crippen molar-refractivity contribution in [2.75, 3.05) is 26.4 Å². The molecule has 1 saturated carbocycles. The van der Waals surface area contributed by atoms with E-state index in [9.17, 15) is 74.6 Å². The summed E-state index contributed by atoms with van der Waals surface area (Å²) >= 11 is 0. The van der Waals surface area contributed by atoms with Crippen LogP contribution in [0.3, 0.4) is 0 Å². The molecule has 2 heterocycles. The SMILES string of the molecule is CCCCCCCC/C=C\CCCCCC(=O)OCC(COP(=O)(O)OC1C(OC2OC(CO)C(O)C(O)C2O)C(O)C(O)C(OC(=O)CCCCC/C=C\CCCCCCCC)C1OC1OC(COC(=O)CCCCC/C=C\CCCCCCCC)C(O)C(O)C1O)OC(=O)CCCCCCCCCCCCCCC. The van der Waals surface area contributed by atoms with Crippen molar-refractivity contribution in [1.29, 1.82) is 0 Å². The molecule has 0 radical (unpaired) electrons. The topological polar surface area (TPSA) is 380 Å². The molecule has 25 nitrogen and oxygen atoms in total. The Kier molecular flexibility index (Phi) is 59.4. The number of esters is 4. The highest BCUT2D eigenvalue weighted by Gasteiger charge is 2.60. The Balaban J connectivity index is 1.96. The highest BCUT2D eigenvalue weighted by Crippen LogP contribution is 2.49. The molecule has 111 heavy (non-hydrogen) atoms. The number of aliphatic hydroxyl groups is 9. The number of ether oxygens (including phenoxy) is 8. The van der Waals surface area contributed by atoms with E-state index >= 15 is 0 Å². The molecule has 2 aliphatic heterocycles. The molecule has 0 aromatic rings. The van der Waals surface area contributed by atoms with Gasteiger partial charge in [-0.2, -0.15) is 0 Å². The molecule has 10 N–H and O–H groups in total. The normalized spacial score (nSPS) is 25.9. The van der Waals surface area contributed by atoms with Crippen molar-refractivity contribution in [2.24, 2.45) is 0 Å². The maximum absolute atomic E-state index is 14.8. The zero-order chi connectivity index (χ0) is 81.1. The van der Waals surface area contributed by atoms with Crippen LogP contribution in [0.5, 0.6) is 0 Å². The molecule has 2 saturated heterocycles. The van der Waals surface area contributed by atoms with Gasteiger partial charge in [-0.05, 0) is 103 Å². The van der Waals surface area contributed by atoms with E-state index in [0.717, 1.165) is 116 Å². The predicted octanol–water partition coefficient (Wildman–Crippen LogP) is 14.8. The van der Waals surface area contributed by atoms with Crippen LogP contribution in [0.25, 0.3) is 0 Å². The van der Waals surface area contributed by atoms with E-state index in [-0.39, 0.29) is 32.1 Å². The van der Waals surface area contributed by atoms with Crippen LogP contribution in [0.15, 0.2) is 36.5 Å². The summed E-state index contributed by atoms with van der Waals surface area (Å²) in [5.41, 5.74) is 0. The Morgan fingerprint density at radius 2 is 0.676 bits per heavy atom. The van der Waals surface area contributed by atoms with Gasteiger partial charge < -0.3 is 88.7 Å².